The fraction of sp³-hybridized carbons (Fsp3) is 0.884. The lowest BCUT2D eigenvalue weighted by atomic mass is 9.32. The average Bonchev–Trinajstić information content (AvgIpc) is 3.38. The Morgan fingerprint density at radius 2 is 1.54 bits per heavy atom. The number of fused-ring (bicyclic) bond motifs is 7. The molecule has 0 aromatic rings. The van der Waals surface area contributed by atoms with E-state index in [9.17, 15) is 19.5 Å². The SMILES string of the molecule is C=C(C)[C@@H]1CC[C@]2(CC(=O)NC3CCNCC3)CC[C@]3(C)[C@H](CC[C@@H]4[C@@]5(C)CC[C@H](OC(=O)CC(C)(C)CC(=O)O)C(C)(C)[C@@H]5CC[C@]43C)[C@@H]12. The number of nitrogens with one attached hydrogen (secondary N) is 2. The number of carboxylic acid groups (broad SMARTS) is 1. The summed E-state index contributed by atoms with van der Waals surface area (Å²) in [5.74, 6) is 1.85. The summed E-state index contributed by atoms with van der Waals surface area (Å²) in [6.45, 7) is 25.1. The van der Waals surface area contributed by atoms with Crippen molar-refractivity contribution >= 4 is 17.8 Å². The average molecular weight is 695 g/mol. The Labute approximate surface area is 303 Å². The molecule has 5 saturated carbocycles. The van der Waals surface area contributed by atoms with E-state index >= 15 is 0 Å². The summed E-state index contributed by atoms with van der Waals surface area (Å²) in [6, 6.07) is 0.308. The van der Waals surface area contributed by atoms with Gasteiger partial charge in [-0.1, -0.05) is 60.6 Å². The number of allylic oxidation sites excluding steroid dienone is 1. The summed E-state index contributed by atoms with van der Waals surface area (Å²) in [5.41, 5.74) is 1.22. The summed E-state index contributed by atoms with van der Waals surface area (Å²) in [6.07, 6.45) is 14.1. The molecule has 50 heavy (non-hydrogen) atoms. The smallest absolute Gasteiger partial charge is 0.306 e. The zero-order valence-electron chi connectivity index (χ0n) is 32.8. The first-order valence-electron chi connectivity index (χ1n) is 20.3. The predicted octanol–water partition coefficient (Wildman–Crippen LogP) is 8.71. The third kappa shape index (κ3) is 6.29. The molecule has 5 aliphatic carbocycles. The molecule has 6 fully saturated rings. The lowest BCUT2D eigenvalue weighted by Crippen LogP contribution is -2.67. The maximum Gasteiger partial charge on any atom is 0.306 e. The van der Waals surface area contributed by atoms with Gasteiger partial charge in [-0.2, -0.15) is 0 Å². The second-order valence-electron chi connectivity index (χ2n) is 20.6. The Morgan fingerprint density at radius 3 is 2.20 bits per heavy atom. The van der Waals surface area contributed by atoms with Crippen molar-refractivity contribution in [1.82, 2.24) is 10.6 Å². The minimum absolute atomic E-state index is 0.0441. The highest BCUT2D eigenvalue weighted by molar-refractivity contribution is 5.77. The van der Waals surface area contributed by atoms with Gasteiger partial charge in [0.05, 0.1) is 12.8 Å². The van der Waals surface area contributed by atoms with Gasteiger partial charge in [0.25, 0.3) is 0 Å². The molecule has 282 valence electrons. The van der Waals surface area contributed by atoms with E-state index in [1.807, 2.05) is 13.8 Å². The number of carbonyl (C=O) groups is 3. The summed E-state index contributed by atoms with van der Waals surface area (Å²) in [5, 5.41) is 16.2. The fourth-order valence-corrected chi connectivity index (χ4v) is 14.4. The van der Waals surface area contributed by atoms with Gasteiger partial charge < -0.3 is 20.5 Å². The summed E-state index contributed by atoms with van der Waals surface area (Å²) < 4.78 is 6.28. The van der Waals surface area contributed by atoms with E-state index in [0.29, 0.717) is 42.1 Å². The Hall–Kier alpha value is -1.89. The van der Waals surface area contributed by atoms with Crippen molar-refractivity contribution in [3.63, 3.8) is 0 Å². The Bertz CT molecular complexity index is 1350. The molecule has 1 aliphatic heterocycles. The van der Waals surface area contributed by atoms with Crippen LogP contribution in [0.5, 0.6) is 0 Å². The standard InChI is InChI=1S/C43H70N2O5/c1-27(2)29-12-19-43(24-34(46)45-28-15-22-44-23-16-28)21-20-41(8)30(37(29)43)10-11-32-40(7)17-14-33(39(5,6)31(40)13-18-42(32,41)9)50-36(49)26-38(3,4)25-35(47)48/h28-33,37,44H,1,10-26H2,2-9H3,(H,45,46)(H,47,48)/t29-,30+,31-,32+,33-,37+,40-,41+,42+,43+/m0/s1. The molecule has 1 amide bonds. The highest BCUT2D eigenvalue weighted by Crippen LogP contribution is 2.78. The van der Waals surface area contributed by atoms with Crippen molar-refractivity contribution < 1.29 is 24.2 Å². The lowest BCUT2D eigenvalue weighted by Gasteiger charge is -2.73. The van der Waals surface area contributed by atoms with Crippen molar-refractivity contribution in [3.05, 3.63) is 12.2 Å². The van der Waals surface area contributed by atoms with E-state index in [1.54, 1.807) is 0 Å². The zero-order valence-corrected chi connectivity index (χ0v) is 32.8. The molecule has 6 rings (SSSR count). The van der Waals surface area contributed by atoms with Gasteiger partial charge in [0.15, 0.2) is 0 Å². The number of ether oxygens (including phenoxy) is 1. The molecule has 3 N–H and O–H groups in total. The fourth-order valence-electron chi connectivity index (χ4n) is 14.4. The van der Waals surface area contributed by atoms with Gasteiger partial charge in [-0.05, 0) is 154 Å². The Morgan fingerprint density at radius 1 is 0.840 bits per heavy atom. The number of hydrogen-bond acceptors (Lipinski definition) is 5. The van der Waals surface area contributed by atoms with Crippen LogP contribution in [0.4, 0.5) is 0 Å². The molecule has 0 radical (unpaired) electrons. The number of carboxylic acids is 1. The van der Waals surface area contributed by atoms with Crippen molar-refractivity contribution in [1.29, 1.82) is 0 Å². The molecule has 0 aromatic carbocycles. The lowest BCUT2D eigenvalue weighted by molar-refractivity contribution is -0.250. The molecule has 7 nitrogen and oxygen atoms in total. The Balaban J connectivity index is 1.22. The molecule has 0 aromatic heterocycles. The van der Waals surface area contributed by atoms with Gasteiger partial charge in [-0.25, -0.2) is 0 Å². The number of rotatable bonds is 9. The third-order valence-electron chi connectivity index (χ3n) is 16.9. The van der Waals surface area contributed by atoms with Gasteiger partial charge >= 0.3 is 11.9 Å². The molecule has 1 heterocycles. The minimum atomic E-state index is -0.880. The first-order valence-corrected chi connectivity index (χ1v) is 20.3. The molecule has 0 spiro atoms. The van der Waals surface area contributed by atoms with Crippen LogP contribution in [0.25, 0.3) is 0 Å². The van der Waals surface area contributed by atoms with E-state index in [4.69, 9.17) is 4.74 Å². The van der Waals surface area contributed by atoms with Gasteiger partial charge in [-0.15, -0.1) is 0 Å². The predicted molar refractivity (Wildman–Crippen MR) is 198 cm³/mol. The maximum atomic E-state index is 13.8. The van der Waals surface area contributed by atoms with Crippen LogP contribution < -0.4 is 10.6 Å². The molecular weight excluding hydrogens is 624 g/mol. The van der Waals surface area contributed by atoms with Crippen LogP contribution in [0.3, 0.4) is 0 Å². The highest BCUT2D eigenvalue weighted by atomic mass is 16.5. The first-order chi connectivity index (χ1) is 23.3. The monoisotopic (exact) mass is 695 g/mol. The van der Waals surface area contributed by atoms with E-state index in [0.717, 1.165) is 58.0 Å². The number of aliphatic carboxylic acids is 1. The Kier molecular flexibility index (Phi) is 9.99. The van der Waals surface area contributed by atoms with E-state index < -0.39 is 11.4 Å². The molecule has 6 aliphatic rings. The van der Waals surface area contributed by atoms with Crippen LogP contribution in [0.2, 0.25) is 0 Å². The number of piperidine rings is 1. The van der Waals surface area contributed by atoms with Crippen molar-refractivity contribution in [2.24, 2.45) is 62.1 Å². The summed E-state index contributed by atoms with van der Waals surface area (Å²) in [7, 11) is 0. The second kappa shape index (κ2) is 13.2. The van der Waals surface area contributed by atoms with Crippen LogP contribution in [0, 0.1) is 62.1 Å². The van der Waals surface area contributed by atoms with E-state index in [2.05, 4.69) is 58.8 Å². The number of amides is 1. The van der Waals surface area contributed by atoms with Crippen LogP contribution in [-0.2, 0) is 19.1 Å². The van der Waals surface area contributed by atoms with Crippen LogP contribution in [0.1, 0.15) is 152 Å². The maximum absolute atomic E-state index is 13.8. The van der Waals surface area contributed by atoms with Gasteiger partial charge in [0.1, 0.15) is 6.10 Å². The van der Waals surface area contributed by atoms with Gasteiger partial charge in [0.2, 0.25) is 5.91 Å². The zero-order chi connectivity index (χ0) is 36.5. The third-order valence-corrected chi connectivity index (χ3v) is 16.9. The summed E-state index contributed by atoms with van der Waals surface area (Å²) in [4.78, 5) is 38.4. The number of esters is 1. The second-order valence-corrected chi connectivity index (χ2v) is 20.6. The number of hydrogen-bond donors (Lipinski definition) is 3. The highest BCUT2D eigenvalue weighted by Gasteiger charge is 2.71. The minimum Gasteiger partial charge on any atom is -0.481 e. The molecular formula is C43H70N2O5. The molecule has 7 heteroatoms. The quantitative estimate of drug-likeness (QED) is 0.165. The molecule has 0 bridgehead atoms. The van der Waals surface area contributed by atoms with Crippen molar-refractivity contribution in [3.8, 4) is 0 Å². The first kappa shape index (κ1) is 37.9. The van der Waals surface area contributed by atoms with E-state index in [1.165, 1.54) is 37.7 Å². The van der Waals surface area contributed by atoms with Gasteiger partial charge in [-0.3, -0.25) is 14.4 Å². The van der Waals surface area contributed by atoms with Crippen LogP contribution >= 0.6 is 0 Å². The largest absolute Gasteiger partial charge is 0.481 e. The van der Waals surface area contributed by atoms with Crippen LogP contribution in [-0.4, -0.2) is 48.2 Å². The topological polar surface area (TPSA) is 105 Å². The van der Waals surface area contributed by atoms with Crippen molar-refractivity contribution in [2.45, 2.75) is 164 Å². The summed E-state index contributed by atoms with van der Waals surface area (Å²) >= 11 is 0. The van der Waals surface area contributed by atoms with E-state index in [-0.39, 0.29) is 57.9 Å². The number of carbonyl (C=O) groups excluding carboxylic acids is 2. The van der Waals surface area contributed by atoms with Crippen molar-refractivity contribution in [2.75, 3.05) is 13.1 Å². The molecule has 1 saturated heterocycles. The van der Waals surface area contributed by atoms with Gasteiger partial charge in [0, 0.05) is 17.9 Å². The normalized spacial score (nSPS) is 42.6. The molecule has 10 atom stereocenters. The molecule has 0 unspecified atom stereocenters. The van der Waals surface area contributed by atoms with Crippen LogP contribution in [0.15, 0.2) is 12.2 Å².